The van der Waals surface area contributed by atoms with Crippen molar-refractivity contribution in [2.45, 2.75) is 13.3 Å². The summed E-state index contributed by atoms with van der Waals surface area (Å²) in [7, 11) is 0. The molecule has 0 aliphatic rings. The molecule has 0 aliphatic heterocycles. The Kier molecular flexibility index (Phi) is 5.99. The largest absolute Gasteiger partial charge is 0.343 e. The Bertz CT molecular complexity index is 684. The molecule has 1 heterocycles. The molecule has 6 heteroatoms. The Labute approximate surface area is 134 Å². The minimum atomic E-state index is -0.375. The minimum Gasteiger partial charge on any atom is -0.343 e. The van der Waals surface area contributed by atoms with Gasteiger partial charge < -0.3 is 5.32 Å². The van der Waals surface area contributed by atoms with Gasteiger partial charge in [-0.05, 0) is 24.6 Å². The second kappa shape index (κ2) is 8.43. The smallest absolute Gasteiger partial charge is 0.259 e. The standard InChI is InChI=1S/C17H18N4O2/c1-13(11-14-5-3-2-4-6-14)20-21-16(22)12-19-17(23)15-7-9-18-10-8-15/h2-10H,11-12H2,1H3,(H,19,23)(H,21,22)/b20-13-. The molecule has 0 fully saturated rings. The molecular formula is C17H18N4O2. The van der Waals surface area contributed by atoms with E-state index in [1.54, 1.807) is 12.1 Å². The number of hydrogen-bond acceptors (Lipinski definition) is 4. The number of aromatic nitrogens is 1. The summed E-state index contributed by atoms with van der Waals surface area (Å²) in [5.41, 5.74) is 4.79. The highest BCUT2D eigenvalue weighted by Gasteiger charge is 2.07. The summed E-state index contributed by atoms with van der Waals surface area (Å²) in [6, 6.07) is 13.0. The lowest BCUT2D eigenvalue weighted by atomic mass is 10.1. The number of rotatable bonds is 6. The molecule has 0 saturated carbocycles. The molecule has 6 nitrogen and oxygen atoms in total. The number of carbonyl (C=O) groups is 2. The van der Waals surface area contributed by atoms with E-state index in [0.717, 1.165) is 11.3 Å². The van der Waals surface area contributed by atoms with Gasteiger partial charge in [-0.1, -0.05) is 30.3 Å². The Morgan fingerprint density at radius 3 is 2.48 bits per heavy atom. The van der Waals surface area contributed by atoms with Gasteiger partial charge in [0.1, 0.15) is 0 Å². The first kappa shape index (κ1) is 16.4. The van der Waals surface area contributed by atoms with Gasteiger partial charge in [0, 0.05) is 30.1 Å². The highest BCUT2D eigenvalue weighted by Crippen LogP contribution is 2.00. The molecule has 23 heavy (non-hydrogen) atoms. The summed E-state index contributed by atoms with van der Waals surface area (Å²) in [5, 5.41) is 6.55. The predicted octanol–water partition coefficient (Wildman–Crippen LogP) is 1.55. The van der Waals surface area contributed by atoms with Crippen LogP contribution in [0, 0.1) is 0 Å². The fourth-order valence-corrected chi connectivity index (χ4v) is 1.89. The number of hydrogen-bond donors (Lipinski definition) is 2. The molecule has 118 valence electrons. The summed E-state index contributed by atoms with van der Waals surface area (Å²) in [6.07, 6.45) is 3.70. The zero-order valence-electron chi connectivity index (χ0n) is 12.8. The third kappa shape index (κ3) is 5.70. The Balaban J connectivity index is 1.76. The topological polar surface area (TPSA) is 83.5 Å². The van der Waals surface area contributed by atoms with Gasteiger partial charge in [-0.2, -0.15) is 5.10 Å². The van der Waals surface area contributed by atoms with E-state index < -0.39 is 0 Å². The molecule has 0 radical (unpaired) electrons. The number of pyridine rings is 1. The molecule has 2 amide bonds. The monoisotopic (exact) mass is 310 g/mol. The SMILES string of the molecule is C/C(Cc1ccccc1)=N/NC(=O)CNC(=O)c1ccncc1. The van der Waals surface area contributed by atoms with Crippen LogP contribution >= 0.6 is 0 Å². The highest BCUT2D eigenvalue weighted by atomic mass is 16.2. The van der Waals surface area contributed by atoms with Crippen molar-refractivity contribution in [3.63, 3.8) is 0 Å². The Morgan fingerprint density at radius 1 is 1.09 bits per heavy atom. The van der Waals surface area contributed by atoms with Crippen LogP contribution in [0.25, 0.3) is 0 Å². The lowest BCUT2D eigenvalue weighted by Crippen LogP contribution is -2.35. The number of amides is 2. The summed E-state index contributed by atoms with van der Waals surface area (Å²) in [4.78, 5) is 27.3. The van der Waals surface area contributed by atoms with Gasteiger partial charge >= 0.3 is 0 Å². The Morgan fingerprint density at radius 2 is 1.78 bits per heavy atom. The molecule has 0 unspecified atom stereocenters. The highest BCUT2D eigenvalue weighted by molar-refractivity contribution is 5.96. The molecule has 0 aliphatic carbocycles. The maximum atomic E-state index is 11.8. The molecule has 1 aromatic heterocycles. The molecular weight excluding hydrogens is 292 g/mol. The van der Waals surface area contributed by atoms with Crippen molar-refractivity contribution in [1.29, 1.82) is 0 Å². The zero-order valence-corrected chi connectivity index (χ0v) is 12.8. The van der Waals surface area contributed by atoms with Gasteiger partial charge in [-0.25, -0.2) is 5.43 Å². The van der Waals surface area contributed by atoms with Crippen molar-refractivity contribution < 1.29 is 9.59 Å². The first-order valence-corrected chi connectivity index (χ1v) is 7.19. The molecule has 2 N–H and O–H groups in total. The summed E-state index contributed by atoms with van der Waals surface area (Å²) in [6.45, 7) is 1.70. The van der Waals surface area contributed by atoms with Crippen molar-refractivity contribution in [2.24, 2.45) is 5.10 Å². The van der Waals surface area contributed by atoms with Gasteiger partial charge in [-0.15, -0.1) is 0 Å². The summed E-state index contributed by atoms with van der Waals surface area (Å²) < 4.78 is 0. The number of carbonyl (C=O) groups excluding carboxylic acids is 2. The van der Waals surface area contributed by atoms with Crippen LogP contribution in [-0.4, -0.2) is 29.1 Å². The van der Waals surface area contributed by atoms with Gasteiger partial charge in [0.2, 0.25) is 0 Å². The van der Waals surface area contributed by atoms with Crippen molar-refractivity contribution in [3.8, 4) is 0 Å². The van der Waals surface area contributed by atoms with E-state index in [-0.39, 0.29) is 18.4 Å². The summed E-state index contributed by atoms with van der Waals surface area (Å²) in [5.74, 6) is -0.702. The lowest BCUT2D eigenvalue weighted by Gasteiger charge is -2.05. The second-order valence-electron chi connectivity index (χ2n) is 4.96. The van der Waals surface area contributed by atoms with Crippen molar-refractivity contribution >= 4 is 17.5 Å². The zero-order chi connectivity index (χ0) is 16.5. The number of benzene rings is 1. The first-order chi connectivity index (χ1) is 11.1. The molecule has 0 atom stereocenters. The quantitative estimate of drug-likeness (QED) is 0.627. The second-order valence-corrected chi connectivity index (χ2v) is 4.96. The van der Waals surface area contributed by atoms with Crippen LogP contribution in [0.3, 0.4) is 0 Å². The van der Waals surface area contributed by atoms with Gasteiger partial charge in [0.05, 0.1) is 6.54 Å². The van der Waals surface area contributed by atoms with E-state index in [0.29, 0.717) is 12.0 Å². The third-order valence-corrected chi connectivity index (χ3v) is 3.03. The van der Waals surface area contributed by atoms with Gasteiger partial charge in [0.15, 0.2) is 0 Å². The van der Waals surface area contributed by atoms with E-state index in [9.17, 15) is 9.59 Å². The molecule has 2 rings (SSSR count). The molecule has 0 spiro atoms. The molecule has 2 aromatic rings. The van der Waals surface area contributed by atoms with E-state index >= 15 is 0 Å². The molecule has 0 bridgehead atoms. The third-order valence-electron chi connectivity index (χ3n) is 3.03. The average molecular weight is 310 g/mol. The minimum absolute atomic E-state index is 0.136. The van der Waals surface area contributed by atoms with E-state index in [4.69, 9.17) is 0 Å². The van der Waals surface area contributed by atoms with Crippen molar-refractivity contribution in [3.05, 3.63) is 66.0 Å². The van der Waals surface area contributed by atoms with Crippen molar-refractivity contribution in [1.82, 2.24) is 15.7 Å². The fourth-order valence-electron chi connectivity index (χ4n) is 1.89. The summed E-state index contributed by atoms with van der Waals surface area (Å²) >= 11 is 0. The average Bonchev–Trinajstić information content (AvgIpc) is 2.59. The first-order valence-electron chi connectivity index (χ1n) is 7.19. The van der Waals surface area contributed by atoms with E-state index in [1.165, 1.54) is 12.4 Å². The predicted molar refractivity (Wildman–Crippen MR) is 88.0 cm³/mol. The van der Waals surface area contributed by atoms with Crippen LogP contribution in [0.4, 0.5) is 0 Å². The number of nitrogens with zero attached hydrogens (tertiary/aromatic N) is 2. The maximum absolute atomic E-state index is 11.8. The maximum Gasteiger partial charge on any atom is 0.259 e. The normalized spacial score (nSPS) is 10.9. The van der Waals surface area contributed by atoms with E-state index in [1.807, 2.05) is 37.3 Å². The van der Waals surface area contributed by atoms with E-state index in [2.05, 4.69) is 20.8 Å². The van der Waals surface area contributed by atoms with Gasteiger partial charge in [0.25, 0.3) is 11.8 Å². The van der Waals surface area contributed by atoms with Crippen LogP contribution in [0.15, 0.2) is 60.0 Å². The molecule has 1 aromatic carbocycles. The number of hydrazone groups is 1. The van der Waals surface area contributed by atoms with Crippen LogP contribution in [0.5, 0.6) is 0 Å². The van der Waals surface area contributed by atoms with Crippen LogP contribution < -0.4 is 10.7 Å². The van der Waals surface area contributed by atoms with Gasteiger partial charge in [-0.3, -0.25) is 14.6 Å². The fraction of sp³-hybridized carbons (Fsp3) is 0.176. The number of nitrogens with one attached hydrogen (secondary N) is 2. The Hall–Kier alpha value is -3.02. The lowest BCUT2D eigenvalue weighted by molar-refractivity contribution is -0.120. The van der Waals surface area contributed by atoms with Crippen molar-refractivity contribution in [2.75, 3.05) is 6.54 Å². The van der Waals surface area contributed by atoms with Crippen LogP contribution in [0.1, 0.15) is 22.8 Å². The van der Waals surface area contributed by atoms with Crippen LogP contribution in [0.2, 0.25) is 0 Å². The molecule has 0 saturated heterocycles. The van der Waals surface area contributed by atoms with Crippen LogP contribution in [-0.2, 0) is 11.2 Å².